The average molecular weight is 330 g/mol. The molecule has 0 radical (unpaired) electrons. The van der Waals surface area contributed by atoms with E-state index in [0.717, 1.165) is 3.79 Å². The van der Waals surface area contributed by atoms with Gasteiger partial charge in [-0.15, -0.1) is 11.3 Å². The van der Waals surface area contributed by atoms with Crippen molar-refractivity contribution in [1.29, 1.82) is 0 Å². The first-order chi connectivity index (χ1) is 6.95. The summed E-state index contributed by atoms with van der Waals surface area (Å²) in [6, 6.07) is 3.33. The third kappa shape index (κ3) is 4.07. The molecule has 0 aromatic carbocycles. The van der Waals surface area contributed by atoms with Crippen molar-refractivity contribution in [3.8, 4) is 0 Å². The first kappa shape index (κ1) is 13.5. The Hall–Kier alpha value is 0.440. The summed E-state index contributed by atoms with van der Waals surface area (Å²) in [6.07, 6.45) is 1.96. The average Bonchev–Trinajstić information content (AvgIpc) is 2.62. The van der Waals surface area contributed by atoms with Crippen molar-refractivity contribution in [3.63, 3.8) is 0 Å². The fourth-order valence-corrected chi connectivity index (χ4v) is 4.36. The van der Waals surface area contributed by atoms with E-state index in [4.69, 9.17) is 0 Å². The Morgan fingerprint density at radius 2 is 2.27 bits per heavy atom. The highest BCUT2D eigenvalue weighted by Crippen LogP contribution is 2.25. The molecular weight excluding hydrogens is 318 g/mol. The van der Waals surface area contributed by atoms with Crippen LogP contribution in [0.4, 0.5) is 0 Å². The number of sulfonamides is 1. The van der Waals surface area contributed by atoms with Crippen LogP contribution in [-0.4, -0.2) is 26.5 Å². The summed E-state index contributed by atoms with van der Waals surface area (Å²) in [5.41, 5.74) is 0. The molecule has 0 bridgehead atoms. The van der Waals surface area contributed by atoms with E-state index in [1.165, 1.54) is 11.3 Å². The summed E-state index contributed by atoms with van der Waals surface area (Å²) < 4.78 is 27.2. The van der Waals surface area contributed by atoms with Crippen LogP contribution in [0.5, 0.6) is 0 Å². The lowest BCUT2D eigenvalue weighted by Gasteiger charge is -2.08. The monoisotopic (exact) mass is 329 g/mol. The van der Waals surface area contributed by atoms with E-state index in [1.54, 1.807) is 23.9 Å². The Labute approximate surface area is 107 Å². The van der Waals surface area contributed by atoms with Crippen LogP contribution in [0.3, 0.4) is 0 Å². The maximum absolute atomic E-state index is 11.7. The lowest BCUT2D eigenvalue weighted by atomic mass is 10.5. The Morgan fingerprint density at radius 1 is 1.60 bits per heavy atom. The van der Waals surface area contributed by atoms with Crippen LogP contribution in [0.15, 0.2) is 20.1 Å². The van der Waals surface area contributed by atoms with E-state index in [2.05, 4.69) is 20.7 Å². The minimum Gasteiger partial charge on any atom is -0.209 e. The molecule has 0 saturated heterocycles. The molecule has 0 aliphatic heterocycles. The summed E-state index contributed by atoms with van der Waals surface area (Å²) in [7, 11) is -3.32. The summed E-state index contributed by atoms with van der Waals surface area (Å²) in [6.45, 7) is 2.44. The molecule has 3 nitrogen and oxygen atoms in total. The molecule has 1 N–H and O–H groups in total. The van der Waals surface area contributed by atoms with Gasteiger partial charge in [0.05, 0.1) is 3.79 Å². The SMILES string of the molecule is CSC(C)CNS(=O)(=O)c1ccc(Br)s1. The number of rotatable bonds is 5. The Balaban J connectivity index is 2.68. The fraction of sp³-hybridized carbons (Fsp3) is 0.500. The van der Waals surface area contributed by atoms with Gasteiger partial charge in [0.2, 0.25) is 10.0 Å². The normalized spacial score (nSPS) is 14.1. The van der Waals surface area contributed by atoms with Gasteiger partial charge in [-0.2, -0.15) is 11.8 Å². The summed E-state index contributed by atoms with van der Waals surface area (Å²) >= 11 is 6.09. The van der Waals surface area contributed by atoms with E-state index in [-0.39, 0.29) is 5.25 Å². The fourth-order valence-electron chi connectivity index (χ4n) is 0.824. The molecule has 1 atom stereocenters. The van der Waals surface area contributed by atoms with E-state index in [0.29, 0.717) is 10.8 Å². The number of thiophene rings is 1. The molecule has 7 heteroatoms. The van der Waals surface area contributed by atoms with Crippen molar-refractivity contribution in [3.05, 3.63) is 15.9 Å². The second-order valence-corrected chi connectivity index (χ2v) is 8.69. The van der Waals surface area contributed by atoms with Crippen LogP contribution in [0.1, 0.15) is 6.92 Å². The summed E-state index contributed by atoms with van der Waals surface area (Å²) in [5, 5.41) is 0.281. The van der Waals surface area contributed by atoms with E-state index in [1.807, 2.05) is 13.2 Å². The molecule has 1 rings (SSSR count). The number of hydrogen-bond donors (Lipinski definition) is 1. The predicted molar refractivity (Wildman–Crippen MR) is 70.2 cm³/mol. The quantitative estimate of drug-likeness (QED) is 0.902. The van der Waals surface area contributed by atoms with Crippen LogP contribution in [-0.2, 0) is 10.0 Å². The molecule has 0 spiro atoms. The van der Waals surface area contributed by atoms with Crippen molar-refractivity contribution in [2.75, 3.05) is 12.8 Å². The molecule has 0 aliphatic rings. The molecule has 86 valence electrons. The van der Waals surface area contributed by atoms with Crippen LogP contribution < -0.4 is 4.72 Å². The molecule has 1 aromatic rings. The molecule has 0 fully saturated rings. The summed E-state index contributed by atoms with van der Waals surface area (Å²) in [4.78, 5) is 0. The predicted octanol–water partition coefficient (Wildman–Crippen LogP) is 2.54. The standard InChI is InChI=1S/C8H12BrNO2S3/c1-6(13-2)5-10-15(11,12)8-4-3-7(9)14-8/h3-4,6,10H,5H2,1-2H3. The largest absolute Gasteiger partial charge is 0.250 e. The highest BCUT2D eigenvalue weighted by Gasteiger charge is 2.16. The van der Waals surface area contributed by atoms with Gasteiger partial charge >= 0.3 is 0 Å². The van der Waals surface area contributed by atoms with E-state index < -0.39 is 10.0 Å². The molecule has 1 aromatic heterocycles. The zero-order valence-electron chi connectivity index (χ0n) is 8.36. The third-order valence-electron chi connectivity index (χ3n) is 1.78. The van der Waals surface area contributed by atoms with Crippen LogP contribution in [0, 0.1) is 0 Å². The highest BCUT2D eigenvalue weighted by atomic mass is 79.9. The topological polar surface area (TPSA) is 46.2 Å². The zero-order valence-corrected chi connectivity index (χ0v) is 12.4. The van der Waals surface area contributed by atoms with Crippen molar-refractivity contribution >= 4 is 49.1 Å². The zero-order chi connectivity index (χ0) is 11.5. The van der Waals surface area contributed by atoms with Crippen molar-refractivity contribution < 1.29 is 8.42 Å². The molecule has 0 amide bonds. The van der Waals surface area contributed by atoms with Crippen LogP contribution >= 0.6 is 39.0 Å². The van der Waals surface area contributed by atoms with Crippen LogP contribution in [0.2, 0.25) is 0 Å². The second kappa shape index (κ2) is 5.67. The van der Waals surface area contributed by atoms with E-state index in [9.17, 15) is 8.42 Å². The number of nitrogens with one attached hydrogen (secondary N) is 1. The van der Waals surface area contributed by atoms with Gasteiger partial charge in [0.25, 0.3) is 0 Å². The number of hydrogen-bond acceptors (Lipinski definition) is 4. The Morgan fingerprint density at radius 3 is 2.73 bits per heavy atom. The van der Waals surface area contributed by atoms with Gasteiger partial charge < -0.3 is 0 Å². The van der Waals surface area contributed by atoms with Gasteiger partial charge in [-0.05, 0) is 34.3 Å². The second-order valence-electron chi connectivity index (χ2n) is 2.96. The maximum atomic E-state index is 11.7. The smallest absolute Gasteiger partial charge is 0.209 e. The van der Waals surface area contributed by atoms with Gasteiger partial charge in [-0.25, -0.2) is 13.1 Å². The molecular formula is C8H12BrNO2S3. The molecule has 1 heterocycles. The highest BCUT2D eigenvalue weighted by molar-refractivity contribution is 9.11. The first-order valence-corrected chi connectivity index (χ1v) is 8.61. The van der Waals surface area contributed by atoms with Gasteiger partial charge in [-0.1, -0.05) is 6.92 Å². The molecule has 0 aliphatic carbocycles. The van der Waals surface area contributed by atoms with Gasteiger partial charge in [0.15, 0.2) is 0 Å². The van der Waals surface area contributed by atoms with E-state index >= 15 is 0 Å². The van der Waals surface area contributed by atoms with Crippen molar-refractivity contribution in [1.82, 2.24) is 4.72 Å². The summed E-state index contributed by atoms with van der Waals surface area (Å²) in [5.74, 6) is 0. The molecule has 15 heavy (non-hydrogen) atoms. The number of thioether (sulfide) groups is 1. The maximum Gasteiger partial charge on any atom is 0.250 e. The Bertz CT molecular complexity index is 415. The Kier molecular flexibility index (Phi) is 5.11. The number of halogens is 1. The molecule has 0 saturated carbocycles. The molecule has 1 unspecified atom stereocenters. The van der Waals surface area contributed by atoms with Gasteiger partial charge in [0, 0.05) is 11.8 Å². The van der Waals surface area contributed by atoms with Crippen LogP contribution in [0.25, 0.3) is 0 Å². The lowest BCUT2D eigenvalue weighted by molar-refractivity contribution is 0.583. The lowest BCUT2D eigenvalue weighted by Crippen LogP contribution is -2.28. The van der Waals surface area contributed by atoms with Gasteiger partial charge in [0.1, 0.15) is 4.21 Å². The van der Waals surface area contributed by atoms with Gasteiger partial charge in [-0.3, -0.25) is 0 Å². The van der Waals surface area contributed by atoms with Crippen molar-refractivity contribution in [2.24, 2.45) is 0 Å². The first-order valence-electron chi connectivity index (χ1n) is 4.23. The van der Waals surface area contributed by atoms with Crippen molar-refractivity contribution in [2.45, 2.75) is 16.4 Å². The minimum absolute atomic E-state index is 0.281. The third-order valence-corrected chi connectivity index (χ3v) is 6.29. The minimum atomic E-state index is -3.32.